The molecule has 23 heavy (non-hydrogen) atoms. The molecule has 0 aliphatic rings. The maximum Gasteiger partial charge on any atom is 0.420 e. The Morgan fingerprint density at radius 1 is 1.30 bits per heavy atom. The van der Waals surface area contributed by atoms with Crippen molar-refractivity contribution >= 4 is 39.0 Å². The molecular weight excluding hydrogens is 338 g/mol. The fourth-order valence-electron chi connectivity index (χ4n) is 2.49. The Morgan fingerprint density at radius 2 is 2.13 bits per heavy atom. The molecule has 1 aromatic carbocycles. The van der Waals surface area contributed by atoms with Crippen LogP contribution in [0.15, 0.2) is 44.5 Å². The summed E-state index contributed by atoms with van der Waals surface area (Å²) in [4.78, 5) is 30.2. The molecule has 4 aromatic rings. The zero-order valence-corrected chi connectivity index (χ0v) is 13.5. The monoisotopic (exact) mass is 347 g/mol. The summed E-state index contributed by atoms with van der Waals surface area (Å²) in [5.41, 5.74) is 1.37. The van der Waals surface area contributed by atoms with Crippen molar-refractivity contribution in [2.45, 2.75) is 13.5 Å². The van der Waals surface area contributed by atoms with Crippen molar-refractivity contribution in [3.63, 3.8) is 0 Å². The molecule has 0 amide bonds. The highest BCUT2D eigenvalue weighted by Crippen LogP contribution is 2.19. The summed E-state index contributed by atoms with van der Waals surface area (Å²) >= 11 is 7.33. The summed E-state index contributed by atoms with van der Waals surface area (Å²) in [6, 6.07) is 6.41. The summed E-state index contributed by atoms with van der Waals surface area (Å²) in [7, 11) is 0. The van der Waals surface area contributed by atoms with E-state index in [1.165, 1.54) is 26.4 Å². The summed E-state index contributed by atoms with van der Waals surface area (Å²) in [6.45, 7) is 2.08. The number of aromatic nitrogens is 3. The summed E-state index contributed by atoms with van der Waals surface area (Å²) in [5, 5.41) is 0.491. The largest absolute Gasteiger partial charge is 0.420 e. The number of nitrogens with zero attached hydrogens (tertiary/aromatic N) is 3. The molecule has 0 radical (unpaired) electrons. The highest BCUT2D eigenvalue weighted by molar-refractivity contribution is 7.16. The quantitative estimate of drug-likeness (QED) is 0.559. The van der Waals surface area contributed by atoms with Crippen LogP contribution in [0.3, 0.4) is 0 Å². The number of rotatable bonds is 2. The third-order valence-electron chi connectivity index (χ3n) is 3.49. The molecule has 0 spiro atoms. The van der Waals surface area contributed by atoms with Gasteiger partial charge in [0.1, 0.15) is 0 Å². The highest BCUT2D eigenvalue weighted by atomic mass is 35.5. The van der Waals surface area contributed by atoms with Gasteiger partial charge < -0.3 is 4.42 Å². The molecular formula is C15H10ClN3O3S. The number of benzene rings is 1. The molecule has 8 heteroatoms. The maximum atomic E-state index is 12.1. The molecule has 0 aliphatic heterocycles. The van der Waals surface area contributed by atoms with Gasteiger partial charge in [-0.15, -0.1) is 11.3 Å². The van der Waals surface area contributed by atoms with Gasteiger partial charge in [0.25, 0.3) is 5.56 Å². The van der Waals surface area contributed by atoms with E-state index >= 15 is 0 Å². The first-order chi connectivity index (χ1) is 11.0. The van der Waals surface area contributed by atoms with E-state index in [4.69, 9.17) is 16.0 Å². The van der Waals surface area contributed by atoms with Crippen LogP contribution in [0.25, 0.3) is 16.1 Å². The van der Waals surface area contributed by atoms with Gasteiger partial charge in [-0.1, -0.05) is 11.6 Å². The SMILES string of the molecule is Cc1cn2c(=O)cc(Cn3c(=O)oc4cc(Cl)ccc43)nc2s1. The number of aryl methyl sites for hydroxylation is 1. The Labute approximate surface area is 138 Å². The second-order valence-electron chi connectivity index (χ2n) is 5.15. The van der Waals surface area contributed by atoms with Gasteiger partial charge >= 0.3 is 5.76 Å². The van der Waals surface area contributed by atoms with E-state index in [2.05, 4.69) is 4.98 Å². The number of hydrogen-bond donors (Lipinski definition) is 0. The lowest BCUT2D eigenvalue weighted by Crippen LogP contribution is -2.19. The zero-order valence-electron chi connectivity index (χ0n) is 11.9. The number of oxazole rings is 1. The predicted octanol–water partition coefficient (Wildman–Crippen LogP) is 2.67. The summed E-state index contributed by atoms with van der Waals surface area (Å²) < 4.78 is 8.12. The van der Waals surface area contributed by atoms with E-state index in [9.17, 15) is 9.59 Å². The molecule has 0 bridgehead atoms. The molecule has 4 rings (SSSR count). The van der Waals surface area contributed by atoms with Gasteiger partial charge in [0.05, 0.1) is 17.8 Å². The average molecular weight is 348 g/mol. The number of thiazole rings is 1. The molecule has 0 saturated carbocycles. The van der Waals surface area contributed by atoms with Gasteiger partial charge in [0.2, 0.25) is 0 Å². The molecule has 116 valence electrons. The molecule has 0 saturated heterocycles. The standard InChI is InChI=1S/C15H10ClN3O3S/c1-8-6-19-13(20)5-10(17-14(19)23-8)7-18-11-3-2-9(16)4-12(11)22-15(18)21/h2-6H,7H2,1H3. The third-order valence-corrected chi connectivity index (χ3v) is 4.62. The Hall–Kier alpha value is -2.38. The lowest BCUT2D eigenvalue weighted by Gasteiger charge is -2.02. The van der Waals surface area contributed by atoms with Crippen molar-refractivity contribution in [2.24, 2.45) is 0 Å². The molecule has 0 unspecified atom stereocenters. The lowest BCUT2D eigenvalue weighted by molar-refractivity contribution is 0.516. The van der Waals surface area contributed by atoms with Crippen LogP contribution in [-0.4, -0.2) is 14.0 Å². The van der Waals surface area contributed by atoms with Crippen molar-refractivity contribution in [3.8, 4) is 0 Å². The van der Waals surface area contributed by atoms with Crippen LogP contribution in [0.1, 0.15) is 10.6 Å². The Balaban J connectivity index is 1.86. The number of halogens is 1. The van der Waals surface area contributed by atoms with E-state index in [-0.39, 0.29) is 12.1 Å². The minimum absolute atomic E-state index is 0.163. The minimum Gasteiger partial charge on any atom is -0.408 e. The third kappa shape index (κ3) is 2.38. The Kier molecular flexibility index (Phi) is 3.14. The van der Waals surface area contributed by atoms with Gasteiger partial charge in [-0.2, -0.15) is 0 Å². The number of hydrogen-bond acceptors (Lipinski definition) is 5. The van der Waals surface area contributed by atoms with Gasteiger partial charge in [0, 0.05) is 28.2 Å². The molecule has 0 aliphatic carbocycles. The number of fused-ring (bicyclic) bond motifs is 2. The second kappa shape index (κ2) is 5.07. The second-order valence-corrected chi connectivity index (χ2v) is 6.80. The van der Waals surface area contributed by atoms with Gasteiger partial charge in [0.15, 0.2) is 10.5 Å². The van der Waals surface area contributed by atoms with Crippen LogP contribution in [0, 0.1) is 6.92 Å². The molecule has 3 aromatic heterocycles. The van der Waals surface area contributed by atoms with E-state index in [0.29, 0.717) is 26.8 Å². The lowest BCUT2D eigenvalue weighted by atomic mass is 10.3. The van der Waals surface area contributed by atoms with Gasteiger partial charge in [-0.3, -0.25) is 13.8 Å². The zero-order chi connectivity index (χ0) is 16.1. The van der Waals surface area contributed by atoms with Crippen LogP contribution in [0.4, 0.5) is 0 Å². The average Bonchev–Trinajstić information content (AvgIpc) is 2.99. The molecule has 3 heterocycles. The van der Waals surface area contributed by atoms with Crippen molar-refractivity contribution in [2.75, 3.05) is 0 Å². The van der Waals surface area contributed by atoms with Gasteiger partial charge in [-0.05, 0) is 19.1 Å². The highest BCUT2D eigenvalue weighted by Gasteiger charge is 2.12. The molecule has 0 N–H and O–H groups in total. The van der Waals surface area contributed by atoms with Gasteiger partial charge in [-0.25, -0.2) is 9.78 Å². The van der Waals surface area contributed by atoms with E-state index in [0.717, 1.165) is 4.88 Å². The minimum atomic E-state index is -0.508. The predicted molar refractivity (Wildman–Crippen MR) is 88.7 cm³/mol. The summed E-state index contributed by atoms with van der Waals surface area (Å²) in [6.07, 6.45) is 1.75. The summed E-state index contributed by atoms with van der Waals surface area (Å²) in [5.74, 6) is -0.508. The first-order valence-electron chi connectivity index (χ1n) is 6.79. The molecule has 0 fully saturated rings. The maximum absolute atomic E-state index is 12.1. The van der Waals surface area contributed by atoms with Crippen molar-refractivity contribution in [1.82, 2.24) is 14.0 Å². The normalized spacial score (nSPS) is 11.6. The Bertz CT molecular complexity index is 1170. The Morgan fingerprint density at radius 3 is 2.96 bits per heavy atom. The van der Waals surface area contributed by atoms with Crippen molar-refractivity contribution in [1.29, 1.82) is 0 Å². The first-order valence-corrected chi connectivity index (χ1v) is 7.98. The molecule has 6 nitrogen and oxygen atoms in total. The molecule has 0 atom stereocenters. The van der Waals surface area contributed by atoms with Crippen LogP contribution < -0.4 is 11.3 Å². The van der Waals surface area contributed by atoms with Crippen molar-refractivity contribution in [3.05, 3.63) is 67.0 Å². The topological polar surface area (TPSA) is 69.5 Å². The smallest absolute Gasteiger partial charge is 0.408 e. The first kappa shape index (κ1) is 14.2. The van der Waals surface area contributed by atoms with Crippen molar-refractivity contribution < 1.29 is 4.42 Å². The van der Waals surface area contributed by atoms with Crippen LogP contribution in [-0.2, 0) is 6.54 Å². The van der Waals surface area contributed by atoms with Crippen LogP contribution >= 0.6 is 22.9 Å². The van der Waals surface area contributed by atoms with Crippen LogP contribution in [0.2, 0.25) is 5.02 Å². The fourth-order valence-corrected chi connectivity index (χ4v) is 3.50. The fraction of sp³-hybridized carbons (Fsp3) is 0.133. The van der Waals surface area contributed by atoms with E-state index in [1.807, 2.05) is 6.92 Å². The van der Waals surface area contributed by atoms with Crippen LogP contribution in [0.5, 0.6) is 0 Å². The van der Waals surface area contributed by atoms with E-state index < -0.39 is 5.76 Å². The van der Waals surface area contributed by atoms with E-state index in [1.54, 1.807) is 24.4 Å².